The Balaban J connectivity index is 2.91. The van der Waals surface area contributed by atoms with E-state index in [0.717, 1.165) is 6.07 Å². The Hall–Kier alpha value is -2.55. The molecule has 1 rings (SSSR count). The minimum absolute atomic E-state index is 0.0860. The lowest BCUT2D eigenvalue weighted by Gasteiger charge is -2.15. The average Bonchev–Trinajstić information content (AvgIpc) is 2.36. The topological polar surface area (TPSA) is 127 Å². The fourth-order valence-electron chi connectivity index (χ4n) is 1.63. The monoisotopic (exact) mass is 283 g/mol. The van der Waals surface area contributed by atoms with E-state index in [1.54, 1.807) is 11.9 Å². The molecule has 0 bridgehead atoms. The van der Waals surface area contributed by atoms with Gasteiger partial charge in [0.2, 0.25) is 0 Å². The van der Waals surface area contributed by atoms with Crippen LogP contribution >= 0.6 is 0 Å². The average molecular weight is 283 g/mol. The molecule has 9 nitrogen and oxygen atoms in total. The van der Waals surface area contributed by atoms with Crippen molar-refractivity contribution >= 4 is 17.3 Å². The van der Waals surface area contributed by atoms with Gasteiger partial charge in [0, 0.05) is 24.7 Å². The molecule has 0 aliphatic carbocycles. The molecule has 0 radical (unpaired) electrons. The normalized spacial score (nSPS) is 10.5. The van der Waals surface area contributed by atoms with E-state index in [0.29, 0.717) is 5.56 Å². The molecule has 108 valence electrons. The van der Waals surface area contributed by atoms with Crippen LogP contribution in [0.5, 0.6) is 0 Å². The summed E-state index contributed by atoms with van der Waals surface area (Å²) in [7, 11) is 1.62. The molecule has 9 heteroatoms. The second-order valence-electron chi connectivity index (χ2n) is 4.21. The van der Waals surface area contributed by atoms with Crippen molar-refractivity contribution in [3.63, 3.8) is 0 Å². The van der Waals surface area contributed by atoms with Crippen LogP contribution in [0.2, 0.25) is 0 Å². The number of rotatable bonds is 7. The van der Waals surface area contributed by atoms with E-state index in [1.165, 1.54) is 12.1 Å². The highest BCUT2D eigenvalue weighted by atomic mass is 16.6. The lowest BCUT2D eigenvalue weighted by molar-refractivity contribution is -0.394. The first-order valence-electron chi connectivity index (χ1n) is 5.63. The van der Waals surface area contributed by atoms with Gasteiger partial charge in [-0.25, -0.2) is 0 Å². The fourth-order valence-corrected chi connectivity index (χ4v) is 1.63. The van der Waals surface area contributed by atoms with E-state index >= 15 is 0 Å². The van der Waals surface area contributed by atoms with Crippen LogP contribution in [0.1, 0.15) is 12.0 Å². The van der Waals surface area contributed by atoms with Gasteiger partial charge in [-0.05, 0) is 13.1 Å². The number of nitrogens with zero attached hydrogens (tertiary/aromatic N) is 3. The van der Waals surface area contributed by atoms with Crippen LogP contribution in [-0.4, -0.2) is 39.4 Å². The van der Waals surface area contributed by atoms with E-state index in [2.05, 4.69) is 0 Å². The van der Waals surface area contributed by atoms with Crippen molar-refractivity contribution < 1.29 is 19.7 Å². The number of non-ortho nitro benzene ring substituents is 1. The zero-order valence-electron chi connectivity index (χ0n) is 10.7. The molecule has 0 heterocycles. The lowest BCUT2D eigenvalue weighted by atomic mass is 10.1. The molecule has 0 saturated heterocycles. The molecule has 1 N–H and O–H groups in total. The first-order chi connectivity index (χ1) is 9.31. The van der Waals surface area contributed by atoms with Crippen molar-refractivity contribution in [1.29, 1.82) is 0 Å². The van der Waals surface area contributed by atoms with Gasteiger partial charge in [-0.2, -0.15) is 0 Å². The molecule has 0 unspecified atom stereocenters. The standard InChI is InChI=1S/C11H13N3O6/c1-12(5-4-11(15)16)7-8-2-3-9(13(17)18)6-10(8)14(19)20/h2-3,6H,4-5,7H2,1H3,(H,15,16). The van der Waals surface area contributed by atoms with Gasteiger partial charge in [0.05, 0.1) is 22.3 Å². The highest BCUT2D eigenvalue weighted by Gasteiger charge is 2.20. The van der Waals surface area contributed by atoms with E-state index in [9.17, 15) is 25.0 Å². The number of hydrogen-bond donors (Lipinski definition) is 1. The number of nitro benzene ring substituents is 2. The van der Waals surface area contributed by atoms with E-state index < -0.39 is 15.8 Å². The second kappa shape index (κ2) is 6.57. The van der Waals surface area contributed by atoms with Gasteiger partial charge in [-0.1, -0.05) is 0 Å². The maximum Gasteiger partial charge on any atom is 0.304 e. The van der Waals surface area contributed by atoms with Crippen LogP contribution < -0.4 is 0 Å². The molecule has 0 atom stereocenters. The molecular formula is C11H13N3O6. The minimum Gasteiger partial charge on any atom is -0.481 e. The summed E-state index contributed by atoms with van der Waals surface area (Å²) in [6.07, 6.45) is -0.0860. The van der Waals surface area contributed by atoms with Crippen LogP contribution in [0.3, 0.4) is 0 Å². The Morgan fingerprint density at radius 1 is 1.30 bits per heavy atom. The molecule has 1 aromatic rings. The summed E-state index contributed by atoms with van der Waals surface area (Å²) >= 11 is 0. The van der Waals surface area contributed by atoms with Crippen LogP contribution in [0.25, 0.3) is 0 Å². The SMILES string of the molecule is CN(CCC(=O)O)Cc1ccc([N+](=O)[O-])cc1[N+](=O)[O-]. The number of hydrogen-bond acceptors (Lipinski definition) is 6. The van der Waals surface area contributed by atoms with Crippen molar-refractivity contribution in [3.05, 3.63) is 44.0 Å². The van der Waals surface area contributed by atoms with Crippen LogP contribution in [-0.2, 0) is 11.3 Å². The fraction of sp³-hybridized carbons (Fsp3) is 0.364. The second-order valence-corrected chi connectivity index (χ2v) is 4.21. The molecule has 0 amide bonds. The first-order valence-corrected chi connectivity index (χ1v) is 5.63. The number of carboxylic acids is 1. The third-order valence-electron chi connectivity index (χ3n) is 2.62. The summed E-state index contributed by atoms with van der Waals surface area (Å²) < 4.78 is 0. The predicted octanol–water partition coefficient (Wildman–Crippen LogP) is 1.41. The smallest absolute Gasteiger partial charge is 0.304 e. The summed E-state index contributed by atoms with van der Waals surface area (Å²) in [5.41, 5.74) is -0.400. The van der Waals surface area contributed by atoms with Crippen molar-refractivity contribution in [1.82, 2.24) is 4.90 Å². The van der Waals surface area contributed by atoms with Gasteiger partial charge in [0.1, 0.15) is 0 Å². The molecule has 1 aromatic carbocycles. The third kappa shape index (κ3) is 4.28. The van der Waals surface area contributed by atoms with Gasteiger partial charge in [-0.15, -0.1) is 0 Å². The Morgan fingerprint density at radius 2 is 1.95 bits per heavy atom. The molecular weight excluding hydrogens is 270 g/mol. The Labute approximate surface area is 113 Å². The highest BCUT2D eigenvalue weighted by Crippen LogP contribution is 2.25. The number of carbonyl (C=O) groups is 1. The quantitative estimate of drug-likeness (QED) is 0.591. The van der Waals surface area contributed by atoms with Gasteiger partial charge >= 0.3 is 5.97 Å². The van der Waals surface area contributed by atoms with Crippen molar-refractivity contribution in [2.45, 2.75) is 13.0 Å². The maximum atomic E-state index is 10.9. The van der Waals surface area contributed by atoms with Gasteiger partial charge < -0.3 is 10.0 Å². The van der Waals surface area contributed by atoms with E-state index in [1.807, 2.05) is 0 Å². The van der Waals surface area contributed by atoms with Crippen molar-refractivity contribution in [2.24, 2.45) is 0 Å². The first kappa shape index (κ1) is 15.5. The molecule has 0 aliphatic heterocycles. The van der Waals surface area contributed by atoms with Crippen molar-refractivity contribution in [2.75, 3.05) is 13.6 Å². The number of aliphatic carboxylic acids is 1. The van der Waals surface area contributed by atoms with Gasteiger partial charge in [0.15, 0.2) is 0 Å². The molecule has 0 aromatic heterocycles. The molecule has 0 fully saturated rings. The van der Waals surface area contributed by atoms with Gasteiger partial charge in [0.25, 0.3) is 11.4 Å². The summed E-state index contributed by atoms with van der Waals surface area (Å²) in [6, 6.07) is 3.40. The minimum atomic E-state index is -0.963. The maximum absolute atomic E-state index is 10.9. The van der Waals surface area contributed by atoms with Crippen LogP contribution in [0.4, 0.5) is 11.4 Å². The number of benzene rings is 1. The molecule has 0 saturated carbocycles. The predicted molar refractivity (Wildman–Crippen MR) is 68.3 cm³/mol. The van der Waals surface area contributed by atoms with Crippen LogP contribution in [0, 0.1) is 20.2 Å². The summed E-state index contributed by atoms with van der Waals surface area (Å²) in [4.78, 5) is 32.2. The zero-order valence-corrected chi connectivity index (χ0v) is 10.7. The molecule has 20 heavy (non-hydrogen) atoms. The summed E-state index contributed by atoms with van der Waals surface area (Å²) in [5.74, 6) is -0.963. The zero-order chi connectivity index (χ0) is 15.3. The summed E-state index contributed by atoms with van der Waals surface area (Å²) in [6.45, 7) is 0.366. The number of carboxylic acid groups (broad SMARTS) is 1. The van der Waals surface area contributed by atoms with E-state index in [-0.39, 0.29) is 30.9 Å². The Morgan fingerprint density at radius 3 is 2.45 bits per heavy atom. The lowest BCUT2D eigenvalue weighted by Crippen LogP contribution is -2.21. The Kier molecular flexibility index (Phi) is 5.09. The van der Waals surface area contributed by atoms with Crippen LogP contribution in [0.15, 0.2) is 18.2 Å². The summed E-state index contributed by atoms with van der Waals surface area (Å²) in [5, 5.41) is 30.1. The van der Waals surface area contributed by atoms with Crippen molar-refractivity contribution in [3.8, 4) is 0 Å². The molecule has 0 spiro atoms. The third-order valence-corrected chi connectivity index (χ3v) is 2.62. The van der Waals surface area contributed by atoms with Gasteiger partial charge in [-0.3, -0.25) is 25.0 Å². The largest absolute Gasteiger partial charge is 0.481 e. The number of nitro groups is 2. The molecule has 0 aliphatic rings. The Bertz CT molecular complexity index is 545. The highest BCUT2D eigenvalue weighted by molar-refractivity contribution is 5.66. The van der Waals surface area contributed by atoms with E-state index in [4.69, 9.17) is 5.11 Å².